The van der Waals surface area contributed by atoms with Crippen molar-refractivity contribution in [2.24, 2.45) is 0 Å². The molecule has 0 bridgehead atoms. The highest BCUT2D eigenvalue weighted by Crippen LogP contribution is 2.30. The number of thiazole rings is 1. The summed E-state index contributed by atoms with van der Waals surface area (Å²) in [6.45, 7) is 3.90. The number of amides is 1. The van der Waals surface area contributed by atoms with Gasteiger partial charge in [0.1, 0.15) is 11.3 Å². The summed E-state index contributed by atoms with van der Waals surface area (Å²) in [4.78, 5) is 17.2. The van der Waals surface area contributed by atoms with Crippen LogP contribution in [0.4, 0.5) is 5.13 Å². The molecule has 5 nitrogen and oxygen atoms in total. The fraction of sp³-hybridized carbons (Fsp3) is 0.143. The lowest BCUT2D eigenvalue weighted by molar-refractivity contribution is 0.0998. The van der Waals surface area contributed by atoms with E-state index in [0.29, 0.717) is 10.7 Å². The second kappa shape index (κ2) is 6.89. The quantitative estimate of drug-likeness (QED) is 0.514. The predicted molar refractivity (Wildman–Crippen MR) is 108 cm³/mol. The van der Waals surface area contributed by atoms with Crippen molar-refractivity contribution >= 4 is 33.3 Å². The Morgan fingerprint density at radius 2 is 1.93 bits per heavy atom. The van der Waals surface area contributed by atoms with Crippen molar-refractivity contribution in [3.8, 4) is 17.0 Å². The number of aryl methyl sites for hydroxylation is 2. The number of ether oxygens (including phenoxy) is 1. The molecule has 0 radical (unpaired) electrons. The first-order valence-electron chi connectivity index (χ1n) is 8.46. The van der Waals surface area contributed by atoms with Crippen LogP contribution in [0.2, 0.25) is 0 Å². The van der Waals surface area contributed by atoms with Crippen LogP contribution in [0, 0.1) is 13.8 Å². The molecule has 0 atom stereocenters. The Bertz CT molecular complexity index is 1130. The van der Waals surface area contributed by atoms with Crippen LogP contribution in [0.3, 0.4) is 0 Å². The van der Waals surface area contributed by atoms with Gasteiger partial charge in [0.15, 0.2) is 10.9 Å². The lowest BCUT2D eigenvalue weighted by atomic mass is 10.1. The fourth-order valence-corrected chi connectivity index (χ4v) is 3.60. The van der Waals surface area contributed by atoms with Crippen molar-refractivity contribution in [1.29, 1.82) is 0 Å². The van der Waals surface area contributed by atoms with Gasteiger partial charge in [-0.3, -0.25) is 10.1 Å². The monoisotopic (exact) mass is 378 g/mol. The zero-order valence-corrected chi connectivity index (χ0v) is 16.0. The second-order valence-electron chi connectivity index (χ2n) is 6.28. The van der Waals surface area contributed by atoms with Crippen LogP contribution in [0.1, 0.15) is 21.7 Å². The molecule has 0 spiro atoms. The molecule has 2 aromatic heterocycles. The van der Waals surface area contributed by atoms with Gasteiger partial charge in [-0.05, 0) is 32.0 Å². The van der Waals surface area contributed by atoms with Gasteiger partial charge in [0, 0.05) is 21.9 Å². The average Bonchev–Trinajstić information content (AvgIpc) is 3.27. The number of carbonyl (C=O) groups is 1. The zero-order chi connectivity index (χ0) is 19.0. The summed E-state index contributed by atoms with van der Waals surface area (Å²) in [5.41, 5.74) is 4.47. The molecule has 27 heavy (non-hydrogen) atoms. The molecule has 2 aromatic carbocycles. The summed E-state index contributed by atoms with van der Waals surface area (Å²) in [5.74, 6) is 0.693. The Morgan fingerprint density at radius 3 is 2.67 bits per heavy atom. The minimum atomic E-state index is -0.313. The number of hydrogen-bond acceptors (Lipinski definition) is 5. The lowest BCUT2D eigenvalue weighted by Crippen LogP contribution is -2.11. The summed E-state index contributed by atoms with van der Waals surface area (Å²) in [7, 11) is 1.61. The van der Waals surface area contributed by atoms with Crippen molar-refractivity contribution in [2.75, 3.05) is 12.4 Å². The number of benzene rings is 2. The summed E-state index contributed by atoms with van der Waals surface area (Å²) >= 11 is 1.39. The molecule has 4 aromatic rings. The first-order chi connectivity index (χ1) is 13.0. The summed E-state index contributed by atoms with van der Waals surface area (Å²) in [5, 5.41) is 6.16. The van der Waals surface area contributed by atoms with Crippen molar-refractivity contribution in [2.45, 2.75) is 13.8 Å². The number of hydrogen-bond donors (Lipinski definition) is 1. The number of fused-ring (bicyclic) bond motifs is 1. The second-order valence-corrected chi connectivity index (χ2v) is 7.13. The number of carbonyl (C=O) groups excluding carboxylic acids is 1. The Morgan fingerprint density at radius 1 is 1.15 bits per heavy atom. The molecule has 1 N–H and O–H groups in total. The van der Waals surface area contributed by atoms with E-state index in [1.165, 1.54) is 16.9 Å². The van der Waals surface area contributed by atoms with Gasteiger partial charge in [0.2, 0.25) is 0 Å². The molecule has 0 saturated carbocycles. The van der Waals surface area contributed by atoms with Gasteiger partial charge >= 0.3 is 0 Å². The molecule has 0 fully saturated rings. The molecule has 0 saturated heterocycles. The number of aromatic nitrogens is 1. The standard InChI is InChI=1S/C21H18N2O3S/c1-12-4-6-14(7-5-12)17-11-27-21(22-17)23-20(24)19-13(2)16-10-15(25-3)8-9-18(16)26-19/h4-11H,1-3H3,(H,22,23,24). The normalized spacial score (nSPS) is 10.9. The Balaban J connectivity index is 1.58. The molecule has 0 unspecified atom stereocenters. The van der Waals surface area contributed by atoms with Gasteiger partial charge in [0.25, 0.3) is 5.91 Å². The van der Waals surface area contributed by atoms with Crippen LogP contribution < -0.4 is 10.1 Å². The van der Waals surface area contributed by atoms with E-state index in [1.54, 1.807) is 13.2 Å². The molecular weight excluding hydrogens is 360 g/mol. The average molecular weight is 378 g/mol. The molecule has 0 aliphatic carbocycles. The number of rotatable bonds is 4. The van der Waals surface area contributed by atoms with Crippen molar-refractivity contribution < 1.29 is 13.9 Å². The minimum absolute atomic E-state index is 0.283. The largest absolute Gasteiger partial charge is 0.497 e. The van der Waals surface area contributed by atoms with Gasteiger partial charge in [-0.15, -0.1) is 11.3 Å². The van der Waals surface area contributed by atoms with Gasteiger partial charge in [0.05, 0.1) is 12.8 Å². The van der Waals surface area contributed by atoms with E-state index in [-0.39, 0.29) is 11.7 Å². The number of methoxy groups -OCH3 is 1. The Hall–Kier alpha value is -3.12. The van der Waals surface area contributed by atoms with E-state index in [4.69, 9.17) is 9.15 Å². The maximum absolute atomic E-state index is 12.7. The first kappa shape index (κ1) is 17.3. The minimum Gasteiger partial charge on any atom is -0.497 e. The SMILES string of the molecule is COc1ccc2oc(C(=O)Nc3nc(-c4ccc(C)cc4)cs3)c(C)c2c1. The van der Waals surface area contributed by atoms with Gasteiger partial charge in [-0.1, -0.05) is 29.8 Å². The maximum atomic E-state index is 12.7. The Labute approximate surface area is 160 Å². The zero-order valence-electron chi connectivity index (χ0n) is 15.2. The smallest absolute Gasteiger partial charge is 0.293 e. The van der Waals surface area contributed by atoms with Crippen LogP contribution in [0.25, 0.3) is 22.2 Å². The molecule has 6 heteroatoms. The van der Waals surface area contributed by atoms with Gasteiger partial charge in [-0.25, -0.2) is 4.98 Å². The van der Waals surface area contributed by atoms with Crippen molar-refractivity contribution in [3.63, 3.8) is 0 Å². The van der Waals surface area contributed by atoms with E-state index in [1.807, 2.05) is 55.6 Å². The Kier molecular flexibility index (Phi) is 4.41. The van der Waals surface area contributed by atoms with E-state index < -0.39 is 0 Å². The van der Waals surface area contributed by atoms with Crippen LogP contribution in [-0.2, 0) is 0 Å². The van der Waals surface area contributed by atoms with Crippen LogP contribution in [0.15, 0.2) is 52.3 Å². The first-order valence-corrected chi connectivity index (χ1v) is 9.34. The molecule has 0 aliphatic heterocycles. The summed E-state index contributed by atoms with van der Waals surface area (Å²) < 4.78 is 11.0. The van der Waals surface area contributed by atoms with E-state index >= 15 is 0 Å². The highest BCUT2D eigenvalue weighted by atomic mass is 32.1. The molecule has 1 amide bonds. The van der Waals surface area contributed by atoms with Crippen molar-refractivity contribution in [1.82, 2.24) is 4.98 Å². The number of nitrogens with one attached hydrogen (secondary N) is 1. The third kappa shape index (κ3) is 3.31. The molecular formula is C21H18N2O3S. The predicted octanol–water partition coefficient (Wildman–Crippen LogP) is 5.43. The lowest BCUT2D eigenvalue weighted by Gasteiger charge is -2.00. The van der Waals surface area contributed by atoms with Gasteiger partial charge in [-0.2, -0.15) is 0 Å². The third-order valence-corrected chi connectivity index (χ3v) is 5.18. The third-order valence-electron chi connectivity index (χ3n) is 4.42. The summed E-state index contributed by atoms with van der Waals surface area (Å²) in [6.07, 6.45) is 0. The molecule has 136 valence electrons. The van der Waals surface area contributed by atoms with E-state index in [9.17, 15) is 4.79 Å². The topological polar surface area (TPSA) is 64.4 Å². The van der Waals surface area contributed by atoms with Crippen LogP contribution in [0.5, 0.6) is 5.75 Å². The number of nitrogens with zero attached hydrogens (tertiary/aromatic N) is 1. The van der Waals surface area contributed by atoms with E-state index in [0.717, 1.165) is 28.0 Å². The highest BCUT2D eigenvalue weighted by molar-refractivity contribution is 7.14. The van der Waals surface area contributed by atoms with Crippen molar-refractivity contribution in [3.05, 3.63) is 64.7 Å². The highest BCUT2D eigenvalue weighted by Gasteiger charge is 2.19. The summed E-state index contributed by atoms with van der Waals surface area (Å²) in [6, 6.07) is 13.6. The van der Waals surface area contributed by atoms with E-state index in [2.05, 4.69) is 10.3 Å². The number of anilines is 1. The molecule has 4 rings (SSSR count). The molecule has 0 aliphatic rings. The van der Waals surface area contributed by atoms with Crippen LogP contribution in [-0.4, -0.2) is 18.0 Å². The molecule has 2 heterocycles. The fourth-order valence-electron chi connectivity index (χ4n) is 2.89. The van der Waals surface area contributed by atoms with Gasteiger partial charge < -0.3 is 9.15 Å². The maximum Gasteiger partial charge on any atom is 0.293 e. The number of furan rings is 1. The van der Waals surface area contributed by atoms with Crippen LogP contribution >= 0.6 is 11.3 Å².